The first-order valence-corrected chi connectivity index (χ1v) is 7.14. The van der Waals surface area contributed by atoms with E-state index in [9.17, 15) is 4.79 Å². The van der Waals surface area contributed by atoms with Gasteiger partial charge in [-0.15, -0.1) is 0 Å². The summed E-state index contributed by atoms with van der Waals surface area (Å²) < 4.78 is 0. The number of hydrogen-bond donors (Lipinski definition) is 1. The van der Waals surface area contributed by atoms with Gasteiger partial charge in [-0.1, -0.05) is 66.7 Å². The zero-order valence-corrected chi connectivity index (χ0v) is 11.8. The summed E-state index contributed by atoms with van der Waals surface area (Å²) in [4.78, 5) is 12.2. The lowest BCUT2D eigenvalue weighted by atomic mass is 9.94. The number of hydrogen-bond acceptors (Lipinski definition) is 1. The Morgan fingerprint density at radius 3 is 2.00 bits per heavy atom. The molecule has 1 aliphatic heterocycles. The minimum atomic E-state index is 0.00674. The van der Waals surface area contributed by atoms with Gasteiger partial charge in [0.2, 0.25) is 0 Å². The summed E-state index contributed by atoms with van der Waals surface area (Å²) in [6.45, 7) is 0.698. The quantitative estimate of drug-likeness (QED) is 0.832. The minimum Gasteiger partial charge on any atom is -0.352 e. The first kappa shape index (κ1) is 13.4. The molecule has 0 unspecified atom stereocenters. The van der Waals surface area contributed by atoms with Crippen LogP contribution in [0.3, 0.4) is 0 Å². The molecule has 21 heavy (non-hydrogen) atoms. The Bertz CT molecular complexity index is 684. The predicted octanol–water partition coefficient (Wildman–Crippen LogP) is 3.67. The van der Waals surface area contributed by atoms with Gasteiger partial charge in [0.15, 0.2) is 0 Å². The fraction of sp³-hybridized carbons (Fsp3) is 0.105. The molecule has 0 atom stereocenters. The molecular formula is C19H17NO. The number of carbonyl (C=O) groups excluding carboxylic acids is 1. The standard InChI is InChI=1S/C19H17NO/c21-19-18(14-16-9-5-2-6-10-16)17(11-12-20-19)13-15-7-3-1-4-8-15/h1-10,13-14H,11-12H2,(H,20,21). The van der Waals surface area contributed by atoms with Crippen LogP contribution in [0.25, 0.3) is 12.2 Å². The topological polar surface area (TPSA) is 29.1 Å². The Hall–Kier alpha value is -2.61. The molecule has 0 radical (unpaired) electrons. The van der Waals surface area contributed by atoms with E-state index in [0.29, 0.717) is 6.54 Å². The minimum absolute atomic E-state index is 0.00674. The SMILES string of the molecule is O=C1NCCC(=Cc2ccccc2)C1=Cc1ccccc1. The normalized spacial score (nSPS) is 18.8. The molecule has 0 saturated carbocycles. The highest BCUT2D eigenvalue weighted by atomic mass is 16.1. The third kappa shape index (κ3) is 3.29. The third-order valence-corrected chi connectivity index (χ3v) is 3.52. The highest BCUT2D eigenvalue weighted by molar-refractivity contribution is 6.04. The Kier molecular flexibility index (Phi) is 3.97. The average molecular weight is 275 g/mol. The van der Waals surface area contributed by atoms with Crippen molar-refractivity contribution in [2.45, 2.75) is 6.42 Å². The second kappa shape index (κ2) is 6.23. The molecular weight excluding hydrogens is 258 g/mol. The highest BCUT2D eigenvalue weighted by Gasteiger charge is 2.19. The van der Waals surface area contributed by atoms with Crippen molar-refractivity contribution in [3.63, 3.8) is 0 Å². The fourth-order valence-corrected chi connectivity index (χ4v) is 2.46. The zero-order valence-electron chi connectivity index (χ0n) is 11.8. The van der Waals surface area contributed by atoms with Crippen LogP contribution in [-0.2, 0) is 4.79 Å². The predicted molar refractivity (Wildman–Crippen MR) is 86.5 cm³/mol. The number of nitrogens with one attached hydrogen (secondary N) is 1. The lowest BCUT2D eigenvalue weighted by Crippen LogP contribution is -2.32. The summed E-state index contributed by atoms with van der Waals surface area (Å²) >= 11 is 0. The van der Waals surface area contributed by atoms with Gasteiger partial charge in [0.25, 0.3) is 5.91 Å². The van der Waals surface area contributed by atoms with E-state index in [-0.39, 0.29) is 5.91 Å². The fourth-order valence-electron chi connectivity index (χ4n) is 2.46. The van der Waals surface area contributed by atoms with E-state index in [1.807, 2.05) is 54.6 Å². The molecule has 0 spiro atoms. The molecule has 1 N–H and O–H groups in total. The van der Waals surface area contributed by atoms with Crippen molar-refractivity contribution in [3.05, 3.63) is 82.9 Å². The van der Waals surface area contributed by atoms with Gasteiger partial charge in [0.05, 0.1) is 0 Å². The summed E-state index contributed by atoms with van der Waals surface area (Å²) in [7, 11) is 0. The van der Waals surface area contributed by atoms with Gasteiger partial charge in [0.1, 0.15) is 0 Å². The van der Waals surface area contributed by atoms with Crippen LogP contribution in [0.15, 0.2) is 71.8 Å². The van der Waals surface area contributed by atoms with Crippen LogP contribution in [0.4, 0.5) is 0 Å². The maximum Gasteiger partial charge on any atom is 0.251 e. The number of amides is 1. The molecule has 1 saturated heterocycles. The van der Waals surface area contributed by atoms with Gasteiger partial charge >= 0.3 is 0 Å². The summed E-state index contributed by atoms with van der Waals surface area (Å²) in [6.07, 6.45) is 4.93. The van der Waals surface area contributed by atoms with Crippen LogP contribution < -0.4 is 5.32 Å². The van der Waals surface area contributed by atoms with Gasteiger partial charge in [0, 0.05) is 12.1 Å². The summed E-state index contributed by atoms with van der Waals surface area (Å²) in [5.41, 5.74) is 4.02. The number of piperidine rings is 1. The molecule has 2 nitrogen and oxygen atoms in total. The first-order chi connectivity index (χ1) is 10.3. The number of rotatable bonds is 2. The number of benzene rings is 2. The van der Waals surface area contributed by atoms with Crippen LogP contribution in [0.1, 0.15) is 17.5 Å². The lowest BCUT2D eigenvalue weighted by molar-refractivity contribution is -0.117. The first-order valence-electron chi connectivity index (χ1n) is 7.14. The Labute approximate surface area is 124 Å². The monoisotopic (exact) mass is 275 g/mol. The summed E-state index contributed by atoms with van der Waals surface area (Å²) in [5, 5.41) is 2.92. The summed E-state index contributed by atoms with van der Waals surface area (Å²) in [5.74, 6) is 0.00674. The second-order valence-electron chi connectivity index (χ2n) is 5.05. The maximum absolute atomic E-state index is 12.2. The van der Waals surface area contributed by atoms with Crippen LogP contribution in [0, 0.1) is 0 Å². The van der Waals surface area contributed by atoms with Gasteiger partial charge in [-0.25, -0.2) is 0 Å². The van der Waals surface area contributed by atoms with Crippen LogP contribution >= 0.6 is 0 Å². The second-order valence-corrected chi connectivity index (χ2v) is 5.05. The molecule has 3 rings (SSSR count). The van der Waals surface area contributed by atoms with Crippen molar-refractivity contribution in [3.8, 4) is 0 Å². The maximum atomic E-state index is 12.2. The van der Waals surface area contributed by atoms with Gasteiger partial charge in [-0.2, -0.15) is 0 Å². The van der Waals surface area contributed by atoms with Crippen LogP contribution in [0.5, 0.6) is 0 Å². The smallest absolute Gasteiger partial charge is 0.251 e. The molecule has 1 fully saturated rings. The van der Waals surface area contributed by atoms with E-state index in [0.717, 1.165) is 28.7 Å². The molecule has 2 aromatic rings. The van der Waals surface area contributed by atoms with Crippen LogP contribution in [-0.4, -0.2) is 12.5 Å². The van der Waals surface area contributed by atoms with Crippen molar-refractivity contribution in [1.82, 2.24) is 5.32 Å². The van der Waals surface area contributed by atoms with Crippen LogP contribution in [0.2, 0.25) is 0 Å². The zero-order chi connectivity index (χ0) is 14.5. The average Bonchev–Trinajstić information content (AvgIpc) is 2.53. The van der Waals surface area contributed by atoms with Crippen molar-refractivity contribution in [2.75, 3.05) is 6.54 Å². The van der Waals surface area contributed by atoms with E-state index in [1.54, 1.807) is 0 Å². The Balaban J connectivity index is 1.99. The van der Waals surface area contributed by atoms with Crippen molar-refractivity contribution >= 4 is 18.1 Å². The van der Waals surface area contributed by atoms with Gasteiger partial charge in [-0.05, 0) is 29.2 Å². The Morgan fingerprint density at radius 2 is 1.38 bits per heavy atom. The molecule has 1 heterocycles. The molecule has 0 bridgehead atoms. The van der Waals surface area contributed by atoms with Gasteiger partial charge in [-0.3, -0.25) is 4.79 Å². The van der Waals surface area contributed by atoms with Crippen molar-refractivity contribution < 1.29 is 4.79 Å². The van der Waals surface area contributed by atoms with E-state index >= 15 is 0 Å². The molecule has 0 aromatic heterocycles. The molecule has 1 amide bonds. The van der Waals surface area contributed by atoms with Crippen molar-refractivity contribution in [1.29, 1.82) is 0 Å². The Morgan fingerprint density at radius 1 is 0.810 bits per heavy atom. The van der Waals surface area contributed by atoms with E-state index in [4.69, 9.17) is 0 Å². The lowest BCUT2D eigenvalue weighted by Gasteiger charge is -2.19. The van der Waals surface area contributed by atoms with E-state index in [2.05, 4.69) is 23.5 Å². The highest BCUT2D eigenvalue weighted by Crippen LogP contribution is 2.23. The molecule has 1 aliphatic rings. The van der Waals surface area contributed by atoms with Crippen molar-refractivity contribution in [2.24, 2.45) is 0 Å². The third-order valence-electron chi connectivity index (χ3n) is 3.52. The molecule has 0 aliphatic carbocycles. The molecule has 2 heteroatoms. The van der Waals surface area contributed by atoms with Gasteiger partial charge < -0.3 is 5.32 Å². The largest absolute Gasteiger partial charge is 0.352 e. The van der Waals surface area contributed by atoms with E-state index < -0.39 is 0 Å². The molecule has 104 valence electrons. The summed E-state index contributed by atoms with van der Waals surface area (Å²) in [6, 6.07) is 20.1. The number of carbonyl (C=O) groups is 1. The molecule has 2 aromatic carbocycles. The van der Waals surface area contributed by atoms with E-state index in [1.165, 1.54) is 0 Å².